The SMILES string of the molecule is Cc1ccc(C(C)(C)C)cc1S(=O)(=O)NC1CCN(Cc2ccccc2)CC1.Cl. The second-order valence-electron chi connectivity index (χ2n) is 8.89. The fourth-order valence-corrected chi connectivity index (χ4v) is 5.27. The third-order valence-electron chi connectivity index (χ3n) is 5.50. The molecule has 1 aliphatic rings. The molecule has 0 aromatic heterocycles. The first-order chi connectivity index (χ1) is 13.1. The van der Waals surface area contributed by atoms with Crippen LogP contribution in [0.1, 0.15) is 50.3 Å². The zero-order valence-corrected chi connectivity index (χ0v) is 19.4. The zero-order valence-electron chi connectivity index (χ0n) is 17.8. The van der Waals surface area contributed by atoms with Crippen LogP contribution in [-0.2, 0) is 22.0 Å². The second-order valence-corrected chi connectivity index (χ2v) is 10.6. The Kier molecular flexibility index (Phi) is 7.91. The van der Waals surface area contributed by atoms with Crippen LogP contribution < -0.4 is 4.72 Å². The van der Waals surface area contributed by atoms with Gasteiger partial charge in [0.2, 0.25) is 10.0 Å². The lowest BCUT2D eigenvalue weighted by Crippen LogP contribution is -2.44. The fourth-order valence-electron chi connectivity index (χ4n) is 3.69. The topological polar surface area (TPSA) is 49.4 Å². The number of sulfonamides is 1. The number of piperidine rings is 1. The predicted octanol–water partition coefficient (Wildman–Crippen LogP) is 4.66. The van der Waals surface area contributed by atoms with E-state index in [1.165, 1.54) is 5.56 Å². The summed E-state index contributed by atoms with van der Waals surface area (Å²) in [7, 11) is -3.52. The molecule has 6 heteroatoms. The Labute approximate surface area is 182 Å². The first kappa shape index (κ1) is 23.9. The van der Waals surface area contributed by atoms with E-state index in [1.54, 1.807) is 0 Å². The smallest absolute Gasteiger partial charge is 0.241 e. The fraction of sp³-hybridized carbons (Fsp3) is 0.478. The summed E-state index contributed by atoms with van der Waals surface area (Å²) >= 11 is 0. The highest BCUT2D eigenvalue weighted by atomic mass is 35.5. The second kappa shape index (κ2) is 9.61. The molecule has 0 bridgehead atoms. The lowest BCUT2D eigenvalue weighted by molar-refractivity contribution is 0.200. The van der Waals surface area contributed by atoms with Gasteiger partial charge in [0.25, 0.3) is 0 Å². The highest BCUT2D eigenvalue weighted by molar-refractivity contribution is 7.89. The van der Waals surface area contributed by atoms with Crippen LogP contribution in [-0.4, -0.2) is 32.4 Å². The lowest BCUT2D eigenvalue weighted by atomic mass is 9.87. The highest BCUT2D eigenvalue weighted by Crippen LogP contribution is 2.27. The van der Waals surface area contributed by atoms with E-state index >= 15 is 0 Å². The number of rotatable bonds is 5. The number of hydrogen-bond acceptors (Lipinski definition) is 3. The quantitative estimate of drug-likeness (QED) is 0.741. The molecule has 4 nitrogen and oxygen atoms in total. The molecule has 1 aliphatic heterocycles. The summed E-state index contributed by atoms with van der Waals surface area (Å²) in [6, 6.07) is 16.2. The van der Waals surface area contributed by atoms with E-state index in [1.807, 2.05) is 31.2 Å². The number of nitrogens with one attached hydrogen (secondary N) is 1. The molecule has 2 aromatic rings. The monoisotopic (exact) mass is 436 g/mol. The molecule has 0 saturated carbocycles. The van der Waals surface area contributed by atoms with Gasteiger partial charge in [0.05, 0.1) is 4.90 Å². The van der Waals surface area contributed by atoms with E-state index in [4.69, 9.17) is 0 Å². The third kappa shape index (κ3) is 6.29. The maximum absolute atomic E-state index is 13.0. The van der Waals surface area contributed by atoms with Crippen LogP contribution in [0.4, 0.5) is 0 Å². The van der Waals surface area contributed by atoms with Gasteiger partial charge >= 0.3 is 0 Å². The average molecular weight is 437 g/mol. The number of likely N-dealkylation sites (tertiary alicyclic amines) is 1. The van der Waals surface area contributed by atoms with Gasteiger partial charge in [-0.05, 0) is 47.9 Å². The Morgan fingerprint density at radius 3 is 2.24 bits per heavy atom. The van der Waals surface area contributed by atoms with Gasteiger partial charge in [-0.2, -0.15) is 0 Å². The zero-order chi connectivity index (χ0) is 20.4. The van der Waals surface area contributed by atoms with Crippen molar-refractivity contribution in [3.05, 3.63) is 65.2 Å². The van der Waals surface area contributed by atoms with Gasteiger partial charge in [0.1, 0.15) is 0 Å². The molecule has 0 unspecified atom stereocenters. The van der Waals surface area contributed by atoms with Crippen LogP contribution in [0.5, 0.6) is 0 Å². The van der Waals surface area contributed by atoms with Crippen molar-refractivity contribution in [2.75, 3.05) is 13.1 Å². The first-order valence-corrected chi connectivity index (χ1v) is 11.5. The molecule has 1 saturated heterocycles. The van der Waals surface area contributed by atoms with E-state index in [9.17, 15) is 8.42 Å². The summed E-state index contributed by atoms with van der Waals surface area (Å²) in [6.07, 6.45) is 1.67. The van der Waals surface area contributed by atoms with Crippen LogP contribution in [0.2, 0.25) is 0 Å². The maximum atomic E-state index is 13.0. The number of hydrogen-bond donors (Lipinski definition) is 1. The average Bonchev–Trinajstić information content (AvgIpc) is 2.63. The Bertz CT molecular complexity index is 900. The van der Waals surface area contributed by atoms with E-state index < -0.39 is 10.0 Å². The van der Waals surface area contributed by atoms with Crippen molar-refractivity contribution in [2.45, 2.75) is 63.4 Å². The molecule has 0 radical (unpaired) electrons. The van der Waals surface area contributed by atoms with Crippen molar-refractivity contribution in [1.82, 2.24) is 9.62 Å². The molecule has 1 N–H and O–H groups in total. The molecule has 160 valence electrons. The van der Waals surface area contributed by atoms with Crippen LogP contribution in [0.15, 0.2) is 53.4 Å². The largest absolute Gasteiger partial charge is 0.299 e. The molecular weight excluding hydrogens is 404 g/mol. The van der Waals surface area contributed by atoms with Gasteiger partial charge in [0, 0.05) is 25.7 Å². The van der Waals surface area contributed by atoms with Gasteiger partial charge in [-0.1, -0.05) is 63.2 Å². The maximum Gasteiger partial charge on any atom is 0.241 e. The molecule has 0 atom stereocenters. The molecule has 29 heavy (non-hydrogen) atoms. The summed E-state index contributed by atoms with van der Waals surface area (Å²) in [6.45, 7) is 10.9. The molecule has 0 spiro atoms. The van der Waals surface area contributed by atoms with Crippen molar-refractivity contribution in [2.24, 2.45) is 0 Å². The molecule has 3 rings (SSSR count). The van der Waals surface area contributed by atoms with E-state index in [0.717, 1.165) is 43.6 Å². The first-order valence-electron chi connectivity index (χ1n) is 10.0. The Morgan fingerprint density at radius 1 is 1.03 bits per heavy atom. The van der Waals surface area contributed by atoms with Crippen molar-refractivity contribution < 1.29 is 8.42 Å². The van der Waals surface area contributed by atoms with E-state index in [-0.39, 0.29) is 23.9 Å². The van der Waals surface area contributed by atoms with Crippen molar-refractivity contribution in [1.29, 1.82) is 0 Å². The molecule has 1 fully saturated rings. The van der Waals surface area contributed by atoms with Gasteiger partial charge in [0.15, 0.2) is 0 Å². The van der Waals surface area contributed by atoms with E-state index in [2.05, 4.69) is 54.7 Å². The van der Waals surface area contributed by atoms with Gasteiger partial charge in [-0.25, -0.2) is 13.1 Å². The van der Waals surface area contributed by atoms with Crippen LogP contribution in [0, 0.1) is 6.92 Å². The number of nitrogens with zero attached hydrogens (tertiary/aromatic N) is 1. The molecule has 0 aliphatic carbocycles. The minimum Gasteiger partial charge on any atom is -0.299 e. The molecular formula is C23H33ClN2O2S. The molecule has 0 amide bonds. The number of halogens is 1. The highest BCUT2D eigenvalue weighted by Gasteiger charge is 2.27. The summed E-state index contributed by atoms with van der Waals surface area (Å²) in [5.41, 5.74) is 3.05. The summed E-state index contributed by atoms with van der Waals surface area (Å²) in [5, 5.41) is 0. The number of aryl methyl sites for hydroxylation is 1. The molecule has 2 aromatic carbocycles. The van der Waals surface area contributed by atoms with Crippen molar-refractivity contribution in [3.8, 4) is 0 Å². The Morgan fingerprint density at radius 2 is 1.66 bits per heavy atom. The normalized spacial score (nSPS) is 16.4. The Hall–Kier alpha value is -1.40. The minimum atomic E-state index is -3.52. The molecule has 1 heterocycles. The summed E-state index contributed by atoms with van der Waals surface area (Å²) in [4.78, 5) is 2.80. The van der Waals surface area contributed by atoms with Crippen LogP contribution >= 0.6 is 12.4 Å². The third-order valence-corrected chi connectivity index (χ3v) is 7.16. The van der Waals surface area contributed by atoms with Gasteiger partial charge in [-0.15, -0.1) is 12.4 Å². The summed E-state index contributed by atoms with van der Waals surface area (Å²) < 4.78 is 29.1. The van der Waals surface area contributed by atoms with Gasteiger partial charge < -0.3 is 0 Å². The summed E-state index contributed by atoms with van der Waals surface area (Å²) in [5.74, 6) is 0. The van der Waals surface area contributed by atoms with Crippen molar-refractivity contribution >= 4 is 22.4 Å². The minimum absolute atomic E-state index is 0. The van der Waals surface area contributed by atoms with Crippen LogP contribution in [0.3, 0.4) is 0 Å². The standard InChI is InChI=1S/C23H32N2O2S.ClH/c1-18-10-11-20(23(2,3)4)16-22(18)28(26,27)24-21-12-14-25(15-13-21)17-19-8-6-5-7-9-19;/h5-11,16,21,24H,12-15,17H2,1-4H3;1H. The van der Waals surface area contributed by atoms with E-state index in [0.29, 0.717) is 4.90 Å². The number of benzene rings is 2. The van der Waals surface area contributed by atoms with Crippen molar-refractivity contribution in [3.63, 3.8) is 0 Å². The van der Waals surface area contributed by atoms with Gasteiger partial charge in [-0.3, -0.25) is 4.90 Å². The lowest BCUT2D eigenvalue weighted by Gasteiger charge is -2.32. The van der Waals surface area contributed by atoms with Crippen LogP contribution in [0.25, 0.3) is 0 Å². The Balaban J connectivity index is 0.00000300. The predicted molar refractivity (Wildman–Crippen MR) is 122 cm³/mol.